The number of carbonyl (C=O) groups excluding carboxylic acids is 1. The van der Waals surface area contributed by atoms with Crippen molar-refractivity contribution in [1.82, 2.24) is 4.90 Å². The van der Waals surface area contributed by atoms with Crippen LogP contribution in [0.4, 0.5) is 0 Å². The van der Waals surface area contributed by atoms with Crippen LogP contribution in [-0.4, -0.2) is 29.6 Å². The SMILES string of the molecule is CC(CS)CN1CCCC1=O. The number of nitrogens with zero attached hydrogens (tertiary/aromatic N) is 1. The number of thiol groups is 1. The maximum absolute atomic E-state index is 11.1. The smallest absolute Gasteiger partial charge is 0.222 e. The average Bonchev–Trinajstić information content (AvgIpc) is 2.37. The van der Waals surface area contributed by atoms with Gasteiger partial charge in [0.2, 0.25) is 5.91 Å². The molecule has 0 aromatic heterocycles. The van der Waals surface area contributed by atoms with Crippen LogP contribution in [-0.2, 0) is 4.79 Å². The fraction of sp³-hybridized carbons (Fsp3) is 0.875. The highest BCUT2D eigenvalue weighted by Crippen LogP contribution is 2.12. The molecule has 1 heterocycles. The first-order valence-corrected chi connectivity index (χ1v) is 4.76. The topological polar surface area (TPSA) is 20.3 Å². The normalized spacial score (nSPS) is 20.9. The minimum Gasteiger partial charge on any atom is -0.342 e. The molecule has 0 radical (unpaired) electrons. The van der Waals surface area contributed by atoms with Crippen LogP contribution >= 0.6 is 12.6 Å². The van der Waals surface area contributed by atoms with Crippen LogP contribution in [0.25, 0.3) is 0 Å². The van der Waals surface area contributed by atoms with E-state index in [1.165, 1.54) is 0 Å². The van der Waals surface area contributed by atoms with E-state index >= 15 is 0 Å². The fourth-order valence-electron chi connectivity index (χ4n) is 1.33. The molecule has 0 bridgehead atoms. The number of carbonyl (C=O) groups is 1. The van der Waals surface area contributed by atoms with Crippen LogP contribution in [0.3, 0.4) is 0 Å². The minimum atomic E-state index is 0.318. The predicted molar refractivity (Wildman–Crippen MR) is 48.8 cm³/mol. The van der Waals surface area contributed by atoms with Crippen molar-refractivity contribution in [3.05, 3.63) is 0 Å². The molecule has 64 valence electrons. The Hall–Kier alpha value is -0.180. The lowest BCUT2D eigenvalue weighted by Gasteiger charge is -2.18. The molecule has 1 unspecified atom stereocenters. The Morgan fingerprint density at radius 1 is 1.73 bits per heavy atom. The van der Waals surface area contributed by atoms with Crippen molar-refractivity contribution in [1.29, 1.82) is 0 Å². The van der Waals surface area contributed by atoms with Gasteiger partial charge in [0.15, 0.2) is 0 Å². The average molecular weight is 173 g/mol. The molecule has 1 fully saturated rings. The molecule has 1 rings (SSSR count). The third kappa shape index (κ3) is 2.40. The second kappa shape index (κ2) is 4.00. The van der Waals surface area contributed by atoms with E-state index < -0.39 is 0 Å². The molecule has 0 saturated carbocycles. The van der Waals surface area contributed by atoms with Crippen molar-refractivity contribution in [3.8, 4) is 0 Å². The fourth-order valence-corrected chi connectivity index (χ4v) is 1.45. The van der Waals surface area contributed by atoms with E-state index in [2.05, 4.69) is 19.6 Å². The maximum Gasteiger partial charge on any atom is 0.222 e. The Morgan fingerprint density at radius 2 is 2.45 bits per heavy atom. The first kappa shape index (κ1) is 8.91. The highest BCUT2D eigenvalue weighted by atomic mass is 32.1. The quantitative estimate of drug-likeness (QED) is 0.635. The molecule has 3 heteroatoms. The van der Waals surface area contributed by atoms with Gasteiger partial charge in [-0.05, 0) is 18.1 Å². The summed E-state index contributed by atoms with van der Waals surface area (Å²) in [5.74, 6) is 1.71. The molecule has 0 aromatic rings. The standard InChI is InChI=1S/C8H15NOS/c1-7(6-11)5-9-4-2-3-8(9)10/h7,11H,2-6H2,1H3. The van der Waals surface area contributed by atoms with Crippen LogP contribution in [0.15, 0.2) is 0 Å². The number of hydrogen-bond donors (Lipinski definition) is 1. The lowest BCUT2D eigenvalue weighted by Crippen LogP contribution is -2.30. The molecular weight excluding hydrogens is 158 g/mol. The number of hydrogen-bond acceptors (Lipinski definition) is 2. The van der Waals surface area contributed by atoms with E-state index in [9.17, 15) is 4.79 Å². The molecule has 0 aliphatic carbocycles. The third-order valence-electron chi connectivity index (χ3n) is 2.02. The summed E-state index contributed by atoms with van der Waals surface area (Å²) >= 11 is 4.18. The van der Waals surface area contributed by atoms with Crippen molar-refractivity contribution in [3.63, 3.8) is 0 Å². The van der Waals surface area contributed by atoms with Crippen LogP contribution in [0.5, 0.6) is 0 Å². The Kier molecular flexibility index (Phi) is 3.24. The summed E-state index contributed by atoms with van der Waals surface area (Å²) in [5.41, 5.74) is 0. The minimum absolute atomic E-state index is 0.318. The van der Waals surface area contributed by atoms with Crippen LogP contribution < -0.4 is 0 Å². The number of likely N-dealkylation sites (tertiary alicyclic amines) is 1. The third-order valence-corrected chi connectivity index (χ3v) is 2.64. The summed E-state index contributed by atoms with van der Waals surface area (Å²) in [6.45, 7) is 3.97. The summed E-state index contributed by atoms with van der Waals surface area (Å²) in [4.78, 5) is 13.1. The van der Waals surface area contributed by atoms with Gasteiger partial charge in [-0.3, -0.25) is 4.79 Å². The van der Waals surface area contributed by atoms with Crippen LogP contribution in [0.1, 0.15) is 19.8 Å². The van der Waals surface area contributed by atoms with E-state index in [0.29, 0.717) is 11.8 Å². The van der Waals surface area contributed by atoms with Gasteiger partial charge in [0.05, 0.1) is 0 Å². The first-order chi connectivity index (χ1) is 5.24. The highest BCUT2D eigenvalue weighted by molar-refractivity contribution is 7.80. The molecule has 1 amide bonds. The van der Waals surface area contributed by atoms with E-state index in [1.54, 1.807) is 0 Å². The molecule has 1 aliphatic rings. The summed E-state index contributed by atoms with van der Waals surface area (Å²) in [6.07, 6.45) is 1.79. The monoisotopic (exact) mass is 173 g/mol. The van der Waals surface area contributed by atoms with E-state index in [4.69, 9.17) is 0 Å². The van der Waals surface area contributed by atoms with Crippen molar-refractivity contribution in [2.45, 2.75) is 19.8 Å². The molecular formula is C8H15NOS. The maximum atomic E-state index is 11.1. The number of rotatable bonds is 3. The second-order valence-corrected chi connectivity index (χ2v) is 3.60. The van der Waals surface area contributed by atoms with Crippen LogP contribution in [0.2, 0.25) is 0 Å². The molecule has 1 aliphatic heterocycles. The molecule has 11 heavy (non-hydrogen) atoms. The van der Waals surface area contributed by atoms with Crippen molar-refractivity contribution in [2.24, 2.45) is 5.92 Å². The van der Waals surface area contributed by atoms with Gasteiger partial charge in [0.1, 0.15) is 0 Å². The second-order valence-electron chi connectivity index (χ2n) is 3.23. The Morgan fingerprint density at radius 3 is 2.91 bits per heavy atom. The van der Waals surface area contributed by atoms with Crippen molar-refractivity contribution < 1.29 is 4.79 Å². The zero-order valence-corrected chi connectivity index (χ0v) is 7.81. The molecule has 0 N–H and O–H groups in total. The molecule has 2 nitrogen and oxygen atoms in total. The largest absolute Gasteiger partial charge is 0.342 e. The predicted octanol–water partition coefficient (Wildman–Crippen LogP) is 1.17. The van der Waals surface area contributed by atoms with Gasteiger partial charge in [0, 0.05) is 19.5 Å². The van der Waals surface area contributed by atoms with Crippen molar-refractivity contribution >= 4 is 18.5 Å². The highest BCUT2D eigenvalue weighted by Gasteiger charge is 2.20. The van der Waals surface area contributed by atoms with Gasteiger partial charge in [-0.25, -0.2) is 0 Å². The lowest BCUT2D eigenvalue weighted by molar-refractivity contribution is -0.128. The van der Waals surface area contributed by atoms with Gasteiger partial charge >= 0.3 is 0 Å². The van der Waals surface area contributed by atoms with Gasteiger partial charge in [0.25, 0.3) is 0 Å². The van der Waals surface area contributed by atoms with E-state index in [0.717, 1.165) is 31.7 Å². The van der Waals surface area contributed by atoms with Crippen LogP contribution in [0, 0.1) is 5.92 Å². The summed E-state index contributed by atoms with van der Waals surface area (Å²) in [6, 6.07) is 0. The Balaban J connectivity index is 2.30. The zero-order valence-electron chi connectivity index (χ0n) is 6.92. The summed E-state index contributed by atoms with van der Waals surface area (Å²) < 4.78 is 0. The Labute approximate surface area is 73.4 Å². The van der Waals surface area contributed by atoms with Gasteiger partial charge in [-0.1, -0.05) is 6.92 Å². The summed E-state index contributed by atoms with van der Waals surface area (Å²) in [5, 5.41) is 0. The van der Waals surface area contributed by atoms with E-state index in [-0.39, 0.29) is 0 Å². The van der Waals surface area contributed by atoms with E-state index in [1.807, 2.05) is 4.90 Å². The van der Waals surface area contributed by atoms with Gasteiger partial charge in [-0.15, -0.1) is 0 Å². The molecule has 1 saturated heterocycles. The summed E-state index contributed by atoms with van der Waals surface area (Å²) in [7, 11) is 0. The van der Waals surface area contributed by atoms with Crippen molar-refractivity contribution in [2.75, 3.05) is 18.8 Å². The lowest BCUT2D eigenvalue weighted by atomic mass is 10.2. The number of amides is 1. The van der Waals surface area contributed by atoms with Gasteiger partial charge < -0.3 is 4.90 Å². The van der Waals surface area contributed by atoms with Gasteiger partial charge in [-0.2, -0.15) is 12.6 Å². The first-order valence-electron chi connectivity index (χ1n) is 4.12. The molecule has 1 atom stereocenters. The molecule has 0 spiro atoms. The Bertz CT molecular complexity index is 149. The zero-order chi connectivity index (χ0) is 8.27. The molecule has 0 aromatic carbocycles.